The van der Waals surface area contributed by atoms with Crippen molar-refractivity contribution in [3.8, 4) is 0 Å². The average molecular weight is 275 g/mol. The fourth-order valence-corrected chi connectivity index (χ4v) is 3.48. The lowest BCUT2D eigenvalue weighted by Gasteiger charge is -2.23. The zero-order valence-electron chi connectivity index (χ0n) is 11.5. The van der Waals surface area contributed by atoms with Gasteiger partial charge in [0.05, 0.1) is 22.9 Å². The Bertz CT molecular complexity index is 587. The normalized spacial score (nSPS) is 27.9. The van der Waals surface area contributed by atoms with Gasteiger partial charge in [0, 0.05) is 12.1 Å². The molecule has 0 saturated carbocycles. The quantitative estimate of drug-likeness (QED) is 0.876. The van der Waals surface area contributed by atoms with Crippen molar-refractivity contribution >= 4 is 11.9 Å². The number of aryl methyl sites for hydroxylation is 2. The molecule has 0 aliphatic carbocycles. The molecular formula is C14H17N3O3. The van der Waals surface area contributed by atoms with E-state index in [1.54, 1.807) is 24.8 Å². The van der Waals surface area contributed by atoms with E-state index in [1.807, 2.05) is 0 Å². The predicted molar refractivity (Wildman–Crippen MR) is 70.2 cm³/mol. The molecule has 2 fully saturated rings. The van der Waals surface area contributed by atoms with E-state index in [0.29, 0.717) is 23.4 Å². The number of aliphatic carboxylic acids is 1. The predicted octanol–water partition coefficient (Wildman–Crippen LogP) is 1.17. The van der Waals surface area contributed by atoms with E-state index in [-0.39, 0.29) is 18.0 Å². The highest BCUT2D eigenvalue weighted by atomic mass is 16.4. The van der Waals surface area contributed by atoms with Gasteiger partial charge in [-0.05, 0) is 39.2 Å². The SMILES string of the molecule is Cc1cc(C(=O)N2C3CCC2C(C(=O)O)C3)c(C)nn1. The molecule has 3 unspecified atom stereocenters. The molecule has 1 N–H and O–H groups in total. The fourth-order valence-electron chi connectivity index (χ4n) is 3.48. The van der Waals surface area contributed by atoms with Crippen molar-refractivity contribution in [3.63, 3.8) is 0 Å². The van der Waals surface area contributed by atoms with Gasteiger partial charge >= 0.3 is 5.97 Å². The minimum absolute atomic E-state index is 0.0569. The van der Waals surface area contributed by atoms with E-state index in [0.717, 1.165) is 12.8 Å². The standard InChI is InChI=1S/C14H17N3O3/c1-7-5-10(8(2)16-15-7)13(18)17-9-3-4-12(17)11(6-9)14(19)20/h5,9,11-12H,3-4,6H2,1-2H3,(H,19,20). The average Bonchev–Trinajstić information content (AvgIpc) is 2.98. The molecule has 3 rings (SSSR count). The third-order valence-corrected chi connectivity index (χ3v) is 4.42. The minimum atomic E-state index is -0.796. The van der Waals surface area contributed by atoms with Gasteiger partial charge in [0.15, 0.2) is 0 Å². The first-order chi connectivity index (χ1) is 9.49. The Labute approximate surface area is 116 Å². The summed E-state index contributed by atoms with van der Waals surface area (Å²) in [5.74, 6) is -1.32. The molecule has 6 nitrogen and oxygen atoms in total. The third-order valence-electron chi connectivity index (χ3n) is 4.42. The van der Waals surface area contributed by atoms with Crippen LogP contribution < -0.4 is 0 Å². The molecule has 3 atom stereocenters. The highest BCUT2D eigenvalue weighted by Gasteiger charge is 2.51. The van der Waals surface area contributed by atoms with Crippen molar-refractivity contribution in [3.05, 3.63) is 23.0 Å². The Morgan fingerprint density at radius 1 is 1.30 bits per heavy atom. The maximum Gasteiger partial charge on any atom is 0.308 e. The largest absolute Gasteiger partial charge is 0.481 e. The van der Waals surface area contributed by atoms with Gasteiger partial charge in [-0.25, -0.2) is 0 Å². The summed E-state index contributed by atoms with van der Waals surface area (Å²) in [5.41, 5.74) is 1.83. The number of nitrogens with zero attached hydrogens (tertiary/aromatic N) is 3. The second kappa shape index (κ2) is 4.54. The molecule has 1 aromatic rings. The molecule has 106 valence electrons. The van der Waals surface area contributed by atoms with Gasteiger partial charge in [0.1, 0.15) is 0 Å². The van der Waals surface area contributed by atoms with Crippen LogP contribution in [0, 0.1) is 19.8 Å². The van der Waals surface area contributed by atoms with Crippen LogP contribution in [0.3, 0.4) is 0 Å². The van der Waals surface area contributed by atoms with E-state index in [9.17, 15) is 14.7 Å². The van der Waals surface area contributed by atoms with Crippen LogP contribution in [0.4, 0.5) is 0 Å². The topological polar surface area (TPSA) is 83.4 Å². The molecule has 1 aromatic heterocycles. The van der Waals surface area contributed by atoms with Crippen molar-refractivity contribution in [2.24, 2.45) is 5.92 Å². The second-order valence-corrected chi connectivity index (χ2v) is 5.68. The number of carbonyl (C=O) groups excluding carboxylic acids is 1. The Morgan fingerprint density at radius 3 is 2.70 bits per heavy atom. The summed E-state index contributed by atoms with van der Waals surface area (Å²) in [5, 5.41) is 17.2. The van der Waals surface area contributed by atoms with Crippen molar-refractivity contribution in [2.75, 3.05) is 0 Å². The van der Waals surface area contributed by atoms with Gasteiger partial charge in [0.25, 0.3) is 5.91 Å². The van der Waals surface area contributed by atoms with Gasteiger partial charge in [-0.15, -0.1) is 0 Å². The van der Waals surface area contributed by atoms with Crippen LogP contribution in [-0.2, 0) is 4.79 Å². The van der Waals surface area contributed by atoms with Crippen molar-refractivity contribution in [1.82, 2.24) is 15.1 Å². The number of aromatic nitrogens is 2. The molecule has 2 aliphatic rings. The third kappa shape index (κ3) is 1.87. The molecule has 3 heterocycles. The highest BCUT2D eigenvalue weighted by Crippen LogP contribution is 2.42. The Balaban J connectivity index is 1.92. The van der Waals surface area contributed by atoms with Crippen LogP contribution in [0.2, 0.25) is 0 Å². The molecule has 2 bridgehead atoms. The van der Waals surface area contributed by atoms with Crippen LogP contribution in [0.25, 0.3) is 0 Å². The molecule has 20 heavy (non-hydrogen) atoms. The molecular weight excluding hydrogens is 258 g/mol. The monoisotopic (exact) mass is 275 g/mol. The summed E-state index contributed by atoms with van der Waals surface area (Å²) in [4.78, 5) is 25.7. The van der Waals surface area contributed by atoms with Crippen molar-refractivity contribution < 1.29 is 14.7 Å². The molecule has 0 radical (unpaired) electrons. The van der Waals surface area contributed by atoms with Crippen LogP contribution in [-0.4, -0.2) is 44.2 Å². The number of amides is 1. The molecule has 0 aromatic carbocycles. The summed E-state index contributed by atoms with van der Waals surface area (Å²) >= 11 is 0. The first-order valence-corrected chi connectivity index (χ1v) is 6.85. The maximum atomic E-state index is 12.7. The maximum absolute atomic E-state index is 12.7. The van der Waals surface area contributed by atoms with E-state index >= 15 is 0 Å². The summed E-state index contributed by atoms with van der Waals surface area (Å²) < 4.78 is 0. The lowest BCUT2D eigenvalue weighted by molar-refractivity contribution is -0.142. The fraction of sp³-hybridized carbons (Fsp3) is 0.571. The number of rotatable bonds is 2. The molecule has 0 spiro atoms. The van der Waals surface area contributed by atoms with Crippen LogP contribution in [0.1, 0.15) is 41.0 Å². The summed E-state index contributed by atoms with van der Waals surface area (Å²) in [7, 11) is 0. The van der Waals surface area contributed by atoms with Gasteiger partial charge in [0.2, 0.25) is 0 Å². The second-order valence-electron chi connectivity index (χ2n) is 5.68. The Hall–Kier alpha value is -1.98. The molecule has 2 saturated heterocycles. The van der Waals surface area contributed by atoms with Crippen LogP contribution >= 0.6 is 0 Å². The smallest absolute Gasteiger partial charge is 0.308 e. The summed E-state index contributed by atoms with van der Waals surface area (Å²) in [6, 6.07) is 1.62. The Kier molecular flexibility index (Phi) is 2.96. The number of fused-ring (bicyclic) bond motifs is 2. The molecule has 6 heteroatoms. The lowest BCUT2D eigenvalue weighted by Crippen LogP contribution is -2.38. The zero-order valence-corrected chi connectivity index (χ0v) is 11.5. The van der Waals surface area contributed by atoms with Crippen LogP contribution in [0.5, 0.6) is 0 Å². The lowest BCUT2D eigenvalue weighted by atomic mass is 9.89. The van der Waals surface area contributed by atoms with Gasteiger partial charge in [-0.3, -0.25) is 9.59 Å². The van der Waals surface area contributed by atoms with Gasteiger partial charge in [-0.1, -0.05) is 0 Å². The number of carboxylic acids is 1. The number of hydrogen-bond acceptors (Lipinski definition) is 4. The number of hydrogen-bond donors (Lipinski definition) is 1. The molecule has 2 aliphatic heterocycles. The zero-order chi connectivity index (χ0) is 14.4. The van der Waals surface area contributed by atoms with E-state index in [1.165, 1.54) is 0 Å². The van der Waals surface area contributed by atoms with E-state index in [4.69, 9.17) is 0 Å². The first-order valence-electron chi connectivity index (χ1n) is 6.85. The van der Waals surface area contributed by atoms with Gasteiger partial charge in [-0.2, -0.15) is 10.2 Å². The minimum Gasteiger partial charge on any atom is -0.481 e. The van der Waals surface area contributed by atoms with E-state index < -0.39 is 11.9 Å². The van der Waals surface area contributed by atoms with Crippen LogP contribution in [0.15, 0.2) is 6.07 Å². The first kappa shape index (κ1) is 13.0. The van der Waals surface area contributed by atoms with E-state index in [2.05, 4.69) is 10.2 Å². The number of carbonyl (C=O) groups is 2. The summed E-state index contributed by atoms with van der Waals surface area (Å²) in [6.07, 6.45) is 2.25. The van der Waals surface area contributed by atoms with Crippen molar-refractivity contribution in [2.45, 2.75) is 45.2 Å². The highest BCUT2D eigenvalue weighted by molar-refractivity contribution is 5.96. The number of carboxylic acid groups (broad SMARTS) is 1. The summed E-state index contributed by atoms with van der Waals surface area (Å²) in [6.45, 7) is 3.55. The molecule has 1 amide bonds. The Morgan fingerprint density at radius 2 is 2.05 bits per heavy atom. The van der Waals surface area contributed by atoms with Crippen molar-refractivity contribution in [1.29, 1.82) is 0 Å². The van der Waals surface area contributed by atoms with Gasteiger partial charge < -0.3 is 10.0 Å².